The van der Waals surface area contributed by atoms with E-state index in [9.17, 15) is 4.79 Å². The van der Waals surface area contributed by atoms with E-state index in [0.717, 1.165) is 12.2 Å². The van der Waals surface area contributed by atoms with E-state index in [2.05, 4.69) is 0 Å². The molecule has 0 saturated carbocycles. The van der Waals surface area contributed by atoms with Gasteiger partial charge >= 0.3 is 5.97 Å². The number of carbonyl (C=O) groups is 1. The molecule has 0 saturated heterocycles. The Morgan fingerprint density at radius 3 is 2.62 bits per heavy atom. The molecular weight excluding hydrogens is 204 g/mol. The van der Waals surface area contributed by atoms with Gasteiger partial charge in [-0.25, -0.2) is 4.79 Å². The number of rotatable bonds is 4. The molecule has 0 spiro atoms. The third-order valence-corrected chi connectivity index (χ3v) is 2.42. The lowest BCUT2D eigenvalue weighted by atomic mass is 10.1. The summed E-state index contributed by atoms with van der Waals surface area (Å²) in [6.07, 6.45) is 0. The number of benzene rings is 1. The highest BCUT2D eigenvalue weighted by molar-refractivity contribution is 5.92. The minimum Gasteiger partial charge on any atom is -0.462 e. The van der Waals surface area contributed by atoms with Gasteiger partial charge in [0.1, 0.15) is 0 Å². The maximum Gasteiger partial charge on any atom is 0.338 e. The number of nitrogens with zero attached hydrogens (tertiary/aromatic N) is 1. The molecule has 0 heterocycles. The molecule has 1 aromatic carbocycles. The van der Waals surface area contributed by atoms with E-state index in [1.54, 1.807) is 19.1 Å². The lowest BCUT2D eigenvalue weighted by Gasteiger charge is -2.19. The number of hydrogen-bond acceptors (Lipinski definition) is 4. The molecule has 4 heteroatoms. The predicted molar refractivity (Wildman–Crippen MR) is 65.8 cm³/mol. The summed E-state index contributed by atoms with van der Waals surface area (Å²) in [5, 5.41) is 0. The highest BCUT2D eigenvalue weighted by Crippen LogP contribution is 2.23. The molecule has 0 fully saturated rings. The molecule has 0 aliphatic rings. The molecule has 1 rings (SSSR count). The number of esters is 1. The summed E-state index contributed by atoms with van der Waals surface area (Å²) in [5.41, 5.74) is 7.89. The fourth-order valence-corrected chi connectivity index (χ4v) is 1.41. The quantitative estimate of drug-likeness (QED) is 0.624. The highest BCUT2D eigenvalue weighted by Gasteiger charge is 2.10. The normalized spacial score (nSPS) is 9.94. The van der Waals surface area contributed by atoms with Gasteiger partial charge in [-0.15, -0.1) is 0 Å². The lowest BCUT2D eigenvalue weighted by molar-refractivity contribution is 0.0526. The molecule has 0 aliphatic heterocycles. The smallest absolute Gasteiger partial charge is 0.338 e. The van der Waals surface area contributed by atoms with Crippen LogP contribution in [-0.2, 0) is 4.74 Å². The lowest BCUT2D eigenvalue weighted by Crippen LogP contribution is -2.17. The fourth-order valence-electron chi connectivity index (χ4n) is 1.41. The molecule has 4 nitrogen and oxygen atoms in total. The average molecular weight is 222 g/mol. The van der Waals surface area contributed by atoms with Crippen LogP contribution in [0.1, 0.15) is 24.2 Å². The molecule has 0 amide bonds. The van der Waals surface area contributed by atoms with Gasteiger partial charge in [-0.05, 0) is 32.0 Å². The topological polar surface area (TPSA) is 55.6 Å². The van der Waals surface area contributed by atoms with Crippen molar-refractivity contribution in [1.82, 2.24) is 0 Å². The second-order valence-corrected chi connectivity index (χ2v) is 3.51. The van der Waals surface area contributed by atoms with Crippen LogP contribution >= 0.6 is 0 Å². The number of carbonyl (C=O) groups excluding carboxylic acids is 1. The first-order valence-corrected chi connectivity index (χ1v) is 5.37. The Morgan fingerprint density at radius 2 is 2.12 bits per heavy atom. The molecule has 0 aromatic heterocycles. The van der Waals surface area contributed by atoms with Crippen LogP contribution in [-0.4, -0.2) is 26.2 Å². The number of nitrogen functional groups attached to an aromatic ring is 1. The summed E-state index contributed by atoms with van der Waals surface area (Å²) in [6.45, 7) is 5.05. The Kier molecular flexibility index (Phi) is 4.17. The molecule has 0 bridgehead atoms. The largest absolute Gasteiger partial charge is 0.462 e. The maximum absolute atomic E-state index is 11.5. The fraction of sp³-hybridized carbons (Fsp3) is 0.417. The van der Waals surface area contributed by atoms with Crippen LogP contribution in [0.5, 0.6) is 0 Å². The van der Waals surface area contributed by atoms with Crippen molar-refractivity contribution in [3.8, 4) is 0 Å². The van der Waals surface area contributed by atoms with E-state index in [1.165, 1.54) is 0 Å². The second kappa shape index (κ2) is 5.39. The zero-order chi connectivity index (χ0) is 12.1. The molecular formula is C12H18N2O2. The third-order valence-electron chi connectivity index (χ3n) is 2.42. The standard InChI is InChI=1S/C12H18N2O2/c1-4-14(3)11-7-6-9(8-10(11)13)12(15)16-5-2/h6-8H,4-5,13H2,1-3H3. The Labute approximate surface area is 96.0 Å². The van der Waals surface area contributed by atoms with Crippen molar-refractivity contribution in [3.05, 3.63) is 23.8 Å². The van der Waals surface area contributed by atoms with Crippen molar-refractivity contribution in [1.29, 1.82) is 0 Å². The van der Waals surface area contributed by atoms with Gasteiger partial charge in [0.15, 0.2) is 0 Å². The van der Waals surface area contributed by atoms with Crippen LogP contribution in [0.2, 0.25) is 0 Å². The van der Waals surface area contributed by atoms with Crippen LogP contribution in [0, 0.1) is 0 Å². The van der Waals surface area contributed by atoms with Crippen LogP contribution in [0.15, 0.2) is 18.2 Å². The van der Waals surface area contributed by atoms with Gasteiger partial charge in [-0.3, -0.25) is 0 Å². The van der Waals surface area contributed by atoms with Crippen molar-refractivity contribution in [3.63, 3.8) is 0 Å². The zero-order valence-corrected chi connectivity index (χ0v) is 9.99. The Morgan fingerprint density at radius 1 is 1.44 bits per heavy atom. The number of hydrogen-bond donors (Lipinski definition) is 1. The van der Waals surface area contributed by atoms with Crippen LogP contribution in [0.25, 0.3) is 0 Å². The molecule has 0 unspecified atom stereocenters. The van der Waals surface area contributed by atoms with Gasteiger partial charge in [0.05, 0.1) is 23.5 Å². The van der Waals surface area contributed by atoms with Gasteiger partial charge in [0, 0.05) is 13.6 Å². The van der Waals surface area contributed by atoms with Crippen molar-refractivity contribution in [2.75, 3.05) is 30.8 Å². The number of anilines is 2. The molecule has 88 valence electrons. The van der Waals surface area contributed by atoms with E-state index in [0.29, 0.717) is 17.9 Å². The maximum atomic E-state index is 11.5. The highest BCUT2D eigenvalue weighted by atomic mass is 16.5. The second-order valence-electron chi connectivity index (χ2n) is 3.51. The molecule has 16 heavy (non-hydrogen) atoms. The van der Waals surface area contributed by atoms with E-state index in [-0.39, 0.29) is 5.97 Å². The first-order valence-electron chi connectivity index (χ1n) is 5.37. The summed E-state index contributed by atoms with van der Waals surface area (Å²) < 4.78 is 4.90. The monoisotopic (exact) mass is 222 g/mol. The van der Waals surface area contributed by atoms with E-state index >= 15 is 0 Å². The zero-order valence-electron chi connectivity index (χ0n) is 9.99. The SMILES string of the molecule is CCOC(=O)c1ccc(N(C)CC)c(N)c1. The van der Waals surface area contributed by atoms with Gasteiger partial charge in [0.2, 0.25) is 0 Å². The van der Waals surface area contributed by atoms with Gasteiger partial charge in [0.25, 0.3) is 0 Å². The Hall–Kier alpha value is -1.71. The molecule has 0 aliphatic carbocycles. The van der Waals surface area contributed by atoms with E-state index < -0.39 is 0 Å². The Bertz CT molecular complexity index is 377. The van der Waals surface area contributed by atoms with E-state index in [4.69, 9.17) is 10.5 Å². The van der Waals surface area contributed by atoms with Crippen molar-refractivity contribution in [2.45, 2.75) is 13.8 Å². The summed E-state index contributed by atoms with van der Waals surface area (Å²) in [7, 11) is 1.95. The van der Waals surface area contributed by atoms with Crippen LogP contribution in [0.3, 0.4) is 0 Å². The van der Waals surface area contributed by atoms with Crippen molar-refractivity contribution < 1.29 is 9.53 Å². The summed E-state index contributed by atoms with van der Waals surface area (Å²) in [5.74, 6) is -0.333. The number of nitrogens with two attached hydrogens (primary N) is 1. The van der Waals surface area contributed by atoms with Crippen LogP contribution in [0.4, 0.5) is 11.4 Å². The molecule has 0 atom stereocenters. The predicted octanol–water partition coefficient (Wildman–Crippen LogP) is 1.90. The average Bonchev–Trinajstić information content (AvgIpc) is 2.28. The molecule has 2 N–H and O–H groups in total. The van der Waals surface area contributed by atoms with E-state index in [1.807, 2.05) is 24.9 Å². The summed E-state index contributed by atoms with van der Waals surface area (Å²) >= 11 is 0. The van der Waals surface area contributed by atoms with Crippen molar-refractivity contribution >= 4 is 17.3 Å². The molecule has 1 aromatic rings. The minimum absolute atomic E-state index is 0.333. The van der Waals surface area contributed by atoms with Gasteiger partial charge in [-0.1, -0.05) is 0 Å². The molecule has 0 radical (unpaired) electrons. The summed E-state index contributed by atoms with van der Waals surface area (Å²) in [4.78, 5) is 13.5. The Balaban J connectivity index is 2.95. The first kappa shape index (κ1) is 12.4. The summed E-state index contributed by atoms with van der Waals surface area (Å²) in [6, 6.07) is 5.22. The minimum atomic E-state index is -0.333. The third kappa shape index (κ3) is 2.66. The van der Waals surface area contributed by atoms with Gasteiger partial charge in [-0.2, -0.15) is 0 Å². The first-order chi connectivity index (χ1) is 7.60. The van der Waals surface area contributed by atoms with Crippen LogP contribution < -0.4 is 10.6 Å². The number of ether oxygens (including phenoxy) is 1. The van der Waals surface area contributed by atoms with Gasteiger partial charge < -0.3 is 15.4 Å². The van der Waals surface area contributed by atoms with Crippen molar-refractivity contribution in [2.24, 2.45) is 0 Å².